The number of hydrogen-bond acceptors (Lipinski definition) is 4. The molecule has 0 fully saturated rings. The number of nitrogens with zero attached hydrogens (tertiary/aromatic N) is 2. The van der Waals surface area contributed by atoms with Gasteiger partial charge in [-0.25, -0.2) is 4.98 Å². The zero-order chi connectivity index (χ0) is 25.5. The zero-order valence-corrected chi connectivity index (χ0v) is 20.7. The summed E-state index contributed by atoms with van der Waals surface area (Å²) >= 11 is 0. The van der Waals surface area contributed by atoms with Crippen LogP contribution in [0.15, 0.2) is 103 Å². The number of anilines is 1. The highest BCUT2D eigenvalue weighted by Gasteiger charge is 2.18. The van der Waals surface area contributed by atoms with Crippen molar-refractivity contribution in [1.82, 2.24) is 14.7 Å². The molecule has 0 radical (unpaired) electrons. The minimum Gasteiger partial charge on any atom is -0.366 e. The van der Waals surface area contributed by atoms with Gasteiger partial charge in [0.2, 0.25) is 0 Å². The summed E-state index contributed by atoms with van der Waals surface area (Å²) in [5.41, 5.74) is 12.4. The zero-order valence-electron chi connectivity index (χ0n) is 20.7. The molecule has 0 bridgehead atoms. The van der Waals surface area contributed by atoms with E-state index in [1.807, 2.05) is 71.3 Å². The Kier molecular flexibility index (Phi) is 7.58. The average Bonchev–Trinajstić information content (AvgIpc) is 3.32. The van der Waals surface area contributed by atoms with E-state index in [1.54, 1.807) is 0 Å². The Bertz CT molecular complexity index is 1480. The number of nitrogens with one attached hydrogen (secondary N) is 2. The van der Waals surface area contributed by atoms with Crippen molar-refractivity contribution in [2.75, 3.05) is 5.32 Å². The fraction of sp³-hybridized carbons (Fsp3) is 0.161. The predicted molar refractivity (Wildman–Crippen MR) is 148 cm³/mol. The van der Waals surface area contributed by atoms with Crippen LogP contribution in [0.3, 0.4) is 0 Å². The Labute approximate surface area is 217 Å². The average molecular weight is 490 g/mol. The summed E-state index contributed by atoms with van der Waals surface area (Å²) in [4.78, 5) is 18.2. The maximum absolute atomic E-state index is 13.3. The monoisotopic (exact) mass is 489 g/mol. The van der Waals surface area contributed by atoms with Crippen LogP contribution in [-0.2, 0) is 32.5 Å². The van der Waals surface area contributed by atoms with Crippen molar-refractivity contribution in [3.05, 3.63) is 137 Å². The van der Waals surface area contributed by atoms with Gasteiger partial charge in [0.1, 0.15) is 5.82 Å². The molecule has 5 rings (SSSR count). The number of carbonyl (C=O) groups excluding carboxylic acids is 1. The molecule has 0 spiro atoms. The fourth-order valence-corrected chi connectivity index (χ4v) is 4.49. The van der Waals surface area contributed by atoms with E-state index in [0.29, 0.717) is 30.8 Å². The molecule has 5 aromatic rings. The first kappa shape index (κ1) is 24.3. The molecule has 3 aromatic carbocycles. The van der Waals surface area contributed by atoms with Crippen LogP contribution in [0, 0.1) is 0 Å². The van der Waals surface area contributed by atoms with Gasteiger partial charge >= 0.3 is 0 Å². The third-order valence-corrected chi connectivity index (χ3v) is 6.44. The molecule has 0 aliphatic rings. The second-order valence-electron chi connectivity index (χ2n) is 9.05. The molecule has 6 nitrogen and oxygen atoms in total. The molecule has 0 unspecified atom stereocenters. The van der Waals surface area contributed by atoms with E-state index in [1.165, 1.54) is 11.1 Å². The molecule has 0 saturated carbocycles. The van der Waals surface area contributed by atoms with Crippen molar-refractivity contribution >= 4 is 17.4 Å². The minimum absolute atomic E-state index is 0.155. The third kappa shape index (κ3) is 5.88. The summed E-state index contributed by atoms with van der Waals surface area (Å²) in [6, 6.07) is 32.3. The quantitative estimate of drug-likeness (QED) is 0.254. The summed E-state index contributed by atoms with van der Waals surface area (Å²) in [5.74, 6) is 0.762. The van der Waals surface area contributed by atoms with Gasteiger partial charge in [0.15, 0.2) is 5.65 Å². The van der Waals surface area contributed by atoms with Crippen molar-refractivity contribution < 1.29 is 4.79 Å². The van der Waals surface area contributed by atoms with Gasteiger partial charge in [-0.15, -0.1) is 0 Å². The molecule has 2 heterocycles. The number of aryl methyl sites for hydroxylation is 2. The normalized spacial score (nSPS) is 10.9. The minimum atomic E-state index is -0.155. The SMILES string of the molecule is NCc1cccc(CNC(=O)c2cccn3c(NCc4ccccc4)c(CCc4ccccc4)nc23)c1. The smallest absolute Gasteiger partial charge is 0.255 e. The molecular weight excluding hydrogens is 458 g/mol. The first-order chi connectivity index (χ1) is 18.2. The highest BCUT2D eigenvalue weighted by Crippen LogP contribution is 2.24. The molecule has 186 valence electrons. The lowest BCUT2D eigenvalue weighted by molar-refractivity contribution is 0.0952. The van der Waals surface area contributed by atoms with E-state index < -0.39 is 0 Å². The number of hydrogen-bond donors (Lipinski definition) is 3. The second kappa shape index (κ2) is 11.5. The molecular formula is C31H31N5O. The van der Waals surface area contributed by atoms with Crippen molar-refractivity contribution in [3.63, 3.8) is 0 Å². The largest absolute Gasteiger partial charge is 0.366 e. The first-order valence-electron chi connectivity index (χ1n) is 12.6. The van der Waals surface area contributed by atoms with E-state index in [0.717, 1.165) is 35.5 Å². The molecule has 37 heavy (non-hydrogen) atoms. The van der Waals surface area contributed by atoms with Gasteiger partial charge in [0.25, 0.3) is 5.91 Å². The lowest BCUT2D eigenvalue weighted by Gasteiger charge is -2.10. The molecule has 4 N–H and O–H groups in total. The summed E-state index contributed by atoms with van der Waals surface area (Å²) in [6.07, 6.45) is 3.59. The first-order valence-corrected chi connectivity index (χ1v) is 12.6. The highest BCUT2D eigenvalue weighted by molar-refractivity contribution is 6.00. The van der Waals surface area contributed by atoms with Crippen molar-refractivity contribution in [3.8, 4) is 0 Å². The van der Waals surface area contributed by atoms with Crippen molar-refractivity contribution in [2.24, 2.45) is 5.73 Å². The molecule has 6 heteroatoms. The van der Waals surface area contributed by atoms with Crippen LogP contribution >= 0.6 is 0 Å². The number of pyridine rings is 1. The number of benzene rings is 3. The maximum atomic E-state index is 13.3. The van der Waals surface area contributed by atoms with Crippen molar-refractivity contribution in [1.29, 1.82) is 0 Å². The lowest BCUT2D eigenvalue weighted by Crippen LogP contribution is -2.23. The second-order valence-corrected chi connectivity index (χ2v) is 9.05. The van der Waals surface area contributed by atoms with E-state index in [4.69, 9.17) is 10.7 Å². The molecule has 0 aliphatic heterocycles. The summed E-state index contributed by atoms with van der Waals surface area (Å²) < 4.78 is 1.99. The lowest BCUT2D eigenvalue weighted by atomic mass is 10.1. The molecule has 2 aromatic heterocycles. The molecule has 0 saturated heterocycles. The fourth-order valence-electron chi connectivity index (χ4n) is 4.49. The van der Waals surface area contributed by atoms with Crippen LogP contribution in [0.4, 0.5) is 5.82 Å². The van der Waals surface area contributed by atoms with Gasteiger partial charge in [-0.3, -0.25) is 9.20 Å². The number of nitrogens with two attached hydrogens (primary N) is 1. The summed E-state index contributed by atoms with van der Waals surface area (Å²) in [7, 11) is 0. The van der Waals surface area contributed by atoms with E-state index >= 15 is 0 Å². The van der Waals surface area contributed by atoms with Crippen LogP contribution in [0.2, 0.25) is 0 Å². The number of amides is 1. The predicted octanol–water partition coefficient (Wildman–Crippen LogP) is 5.12. The third-order valence-electron chi connectivity index (χ3n) is 6.44. The Morgan fingerprint density at radius 1 is 0.757 bits per heavy atom. The number of rotatable bonds is 10. The Hall–Kier alpha value is -4.42. The topological polar surface area (TPSA) is 84.5 Å². The van der Waals surface area contributed by atoms with Gasteiger partial charge in [-0.2, -0.15) is 0 Å². The van der Waals surface area contributed by atoms with E-state index in [2.05, 4.69) is 47.0 Å². The number of imidazole rings is 1. The number of aromatic nitrogens is 2. The van der Waals surface area contributed by atoms with Crippen LogP contribution < -0.4 is 16.4 Å². The molecule has 0 atom stereocenters. The maximum Gasteiger partial charge on any atom is 0.255 e. The Morgan fingerprint density at radius 3 is 2.22 bits per heavy atom. The highest BCUT2D eigenvalue weighted by atomic mass is 16.1. The number of carbonyl (C=O) groups is 1. The van der Waals surface area contributed by atoms with Crippen LogP contribution in [0.25, 0.3) is 5.65 Å². The summed E-state index contributed by atoms with van der Waals surface area (Å²) in [5, 5.41) is 6.63. The van der Waals surface area contributed by atoms with Gasteiger partial charge in [0.05, 0.1) is 11.3 Å². The van der Waals surface area contributed by atoms with Gasteiger partial charge in [0, 0.05) is 25.8 Å². The van der Waals surface area contributed by atoms with Gasteiger partial charge in [-0.1, -0.05) is 84.9 Å². The van der Waals surface area contributed by atoms with E-state index in [9.17, 15) is 4.79 Å². The molecule has 0 aliphatic carbocycles. The summed E-state index contributed by atoms with van der Waals surface area (Å²) in [6.45, 7) is 1.56. The Morgan fingerprint density at radius 2 is 1.46 bits per heavy atom. The standard InChI is InChI=1S/C31H31N5O/c32-20-25-13-7-14-26(19-25)22-34-31(37)27-15-8-18-36-29(27)35-28(17-16-23-9-3-1-4-10-23)30(36)33-21-24-11-5-2-6-12-24/h1-15,18-19,33H,16-17,20-22,32H2,(H,34,37). The van der Waals surface area contributed by atoms with E-state index in [-0.39, 0.29) is 5.91 Å². The van der Waals surface area contributed by atoms with Crippen LogP contribution in [0.5, 0.6) is 0 Å². The Balaban J connectivity index is 1.42. The van der Waals surface area contributed by atoms with Gasteiger partial charge in [-0.05, 0) is 47.2 Å². The van der Waals surface area contributed by atoms with Crippen LogP contribution in [-0.4, -0.2) is 15.3 Å². The molecule has 1 amide bonds. The van der Waals surface area contributed by atoms with Crippen LogP contribution in [0.1, 0.15) is 38.3 Å². The van der Waals surface area contributed by atoms with Gasteiger partial charge < -0.3 is 16.4 Å². The van der Waals surface area contributed by atoms with Crippen molar-refractivity contribution in [2.45, 2.75) is 32.5 Å². The number of fused-ring (bicyclic) bond motifs is 1.